The van der Waals surface area contributed by atoms with E-state index in [1.807, 2.05) is 0 Å². The number of ketones is 1. The van der Waals surface area contributed by atoms with E-state index in [4.69, 9.17) is 27.8 Å². The lowest BCUT2D eigenvalue weighted by molar-refractivity contribution is -0.138. The van der Waals surface area contributed by atoms with Crippen LogP contribution in [0.5, 0.6) is 5.75 Å². The summed E-state index contributed by atoms with van der Waals surface area (Å²) in [4.78, 5) is 27.4. The number of allylic oxidation sites excluding steroid dienone is 1. The van der Waals surface area contributed by atoms with Crippen molar-refractivity contribution in [3.63, 3.8) is 0 Å². The van der Waals surface area contributed by atoms with Crippen LogP contribution in [-0.4, -0.2) is 44.5 Å². The Morgan fingerprint density at radius 3 is 2.38 bits per heavy atom. The first-order valence-electron chi connectivity index (χ1n) is 6.86. The van der Waals surface area contributed by atoms with Crippen molar-refractivity contribution in [3.05, 3.63) is 40.1 Å². The lowest BCUT2D eigenvalue weighted by Gasteiger charge is -2.13. The average Bonchev–Trinajstić information content (AvgIpc) is 2.59. The van der Waals surface area contributed by atoms with Crippen LogP contribution in [0.3, 0.4) is 0 Å². The molecule has 0 heterocycles. The number of aliphatic imine (C=N–C) groups is 1. The highest BCUT2D eigenvalue weighted by molar-refractivity contribution is 6.34. The molecule has 0 fully saturated rings. The Labute approximate surface area is 151 Å². The van der Waals surface area contributed by atoms with E-state index in [1.165, 1.54) is 25.3 Å². The first-order chi connectivity index (χ1) is 12.0. The molecule has 0 saturated heterocycles. The van der Waals surface area contributed by atoms with Gasteiger partial charge in [0.25, 0.3) is 0 Å². The highest BCUT2D eigenvalue weighted by atomic mass is 35.5. The van der Waals surface area contributed by atoms with Gasteiger partial charge in [-0.05, 0) is 18.2 Å². The first kappa shape index (κ1) is 21.3. The second kappa shape index (κ2) is 8.56. The first-order valence-corrected chi connectivity index (χ1v) is 7.24. The van der Waals surface area contributed by atoms with Gasteiger partial charge in [-0.1, -0.05) is 11.6 Å². The fourth-order valence-electron chi connectivity index (χ4n) is 1.73. The van der Waals surface area contributed by atoms with E-state index in [2.05, 4.69) is 9.73 Å². The van der Waals surface area contributed by atoms with Crippen molar-refractivity contribution < 1.29 is 32.2 Å². The lowest BCUT2D eigenvalue weighted by atomic mass is 10.1. The van der Waals surface area contributed by atoms with Crippen LogP contribution in [0.25, 0.3) is 0 Å². The smallest absolute Gasteiger partial charge is 0.431 e. The topological polar surface area (TPSA) is 117 Å². The van der Waals surface area contributed by atoms with Crippen molar-refractivity contribution in [2.45, 2.75) is 6.18 Å². The summed E-state index contributed by atoms with van der Waals surface area (Å²) in [7, 11) is 2.43. The summed E-state index contributed by atoms with van der Waals surface area (Å²) in [5.74, 6) is -2.78. The van der Waals surface area contributed by atoms with Gasteiger partial charge in [0.15, 0.2) is 6.61 Å². The third-order valence-corrected chi connectivity index (χ3v) is 3.41. The molecule has 0 aliphatic rings. The number of carbonyl (C=O) groups excluding carboxylic acids is 2. The molecule has 0 radical (unpaired) electrons. The number of hydrogen-bond donors (Lipinski definition) is 2. The van der Waals surface area contributed by atoms with E-state index < -0.39 is 41.6 Å². The highest BCUT2D eigenvalue weighted by Gasteiger charge is 2.38. The molecule has 1 rings (SSSR count). The fraction of sp³-hybridized carbons (Fsp3) is 0.267. The zero-order valence-electron chi connectivity index (χ0n) is 13.7. The lowest BCUT2D eigenvalue weighted by Crippen LogP contribution is -2.33. The molecule has 0 amide bonds. The molecule has 0 spiro atoms. The van der Waals surface area contributed by atoms with Crippen molar-refractivity contribution in [2.75, 3.05) is 20.8 Å². The summed E-state index contributed by atoms with van der Waals surface area (Å²) in [6, 6.07) is 4.17. The fourth-order valence-corrected chi connectivity index (χ4v) is 1.96. The molecular formula is C15H15ClF3N3O4. The number of benzene rings is 1. The minimum atomic E-state index is -5.04. The third kappa shape index (κ3) is 5.12. The number of Topliss-reactive ketones (excluding diaryl/α,β-unsaturated/α-hetero) is 1. The number of nitrogens with two attached hydrogens (primary N) is 2. The Morgan fingerprint density at radius 1 is 1.27 bits per heavy atom. The predicted octanol–water partition coefficient (Wildman–Crippen LogP) is 1.84. The number of ether oxygens (including phenoxy) is 2. The molecule has 0 unspecified atom stereocenters. The maximum Gasteiger partial charge on any atom is 0.431 e. The summed E-state index contributed by atoms with van der Waals surface area (Å²) in [5.41, 5.74) is 7.21. The highest BCUT2D eigenvalue weighted by Crippen LogP contribution is 2.25. The van der Waals surface area contributed by atoms with Gasteiger partial charge in [-0.25, -0.2) is 4.79 Å². The van der Waals surface area contributed by atoms with Crippen LogP contribution < -0.4 is 16.2 Å². The minimum Gasteiger partial charge on any atom is -0.497 e. The maximum absolute atomic E-state index is 12.8. The number of methoxy groups -OCH3 is 1. The Balaban J connectivity index is 3.04. The van der Waals surface area contributed by atoms with Crippen molar-refractivity contribution in [1.29, 1.82) is 0 Å². The molecule has 4 N–H and O–H groups in total. The van der Waals surface area contributed by atoms with Crippen molar-refractivity contribution in [1.82, 2.24) is 0 Å². The molecule has 0 atom stereocenters. The number of rotatable bonds is 6. The SMILES string of the molecule is CN=C(N)C(C(=O)OCC(=O)c1cc(OC)ccc1Cl)=C(N)C(F)(F)F. The number of hydrogen-bond acceptors (Lipinski definition) is 6. The van der Waals surface area contributed by atoms with Crippen molar-refractivity contribution >= 4 is 29.2 Å². The van der Waals surface area contributed by atoms with Crippen LogP contribution in [0.1, 0.15) is 10.4 Å². The number of nitrogens with zero attached hydrogens (tertiary/aromatic N) is 1. The maximum atomic E-state index is 12.8. The van der Waals surface area contributed by atoms with Gasteiger partial charge < -0.3 is 20.9 Å². The van der Waals surface area contributed by atoms with Gasteiger partial charge in [-0.15, -0.1) is 0 Å². The van der Waals surface area contributed by atoms with E-state index in [1.54, 1.807) is 0 Å². The Morgan fingerprint density at radius 2 is 1.88 bits per heavy atom. The summed E-state index contributed by atoms with van der Waals surface area (Å²) in [6.07, 6.45) is -5.04. The summed E-state index contributed by atoms with van der Waals surface area (Å²) >= 11 is 5.88. The zero-order chi connectivity index (χ0) is 20.1. The van der Waals surface area contributed by atoms with Gasteiger partial charge in [-0.3, -0.25) is 9.79 Å². The van der Waals surface area contributed by atoms with Crippen LogP contribution in [0.15, 0.2) is 34.5 Å². The Hall–Kier alpha value is -2.75. The van der Waals surface area contributed by atoms with Crippen LogP contribution in [-0.2, 0) is 9.53 Å². The molecule has 0 bridgehead atoms. The number of carbonyl (C=O) groups is 2. The molecule has 26 heavy (non-hydrogen) atoms. The van der Waals surface area contributed by atoms with Gasteiger partial charge in [0.05, 0.1) is 12.1 Å². The molecule has 0 aliphatic carbocycles. The molecule has 0 aliphatic heterocycles. The second-order valence-electron chi connectivity index (χ2n) is 4.74. The Bertz CT molecular complexity index is 776. The van der Waals surface area contributed by atoms with Gasteiger partial charge >= 0.3 is 12.1 Å². The quantitative estimate of drug-likeness (QED) is 0.250. The van der Waals surface area contributed by atoms with Gasteiger partial charge in [0.1, 0.15) is 22.9 Å². The van der Waals surface area contributed by atoms with E-state index in [0.717, 1.165) is 7.05 Å². The molecule has 142 valence electrons. The molecule has 1 aromatic rings. The van der Waals surface area contributed by atoms with Gasteiger partial charge in [-0.2, -0.15) is 13.2 Å². The minimum absolute atomic E-state index is 0.0368. The monoisotopic (exact) mass is 393 g/mol. The van der Waals surface area contributed by atoms with Gasteiger partial charge in [0, 0.05) is 12.6 Å². The average molecular weight is 394 g/mol. The van der Waals surface area contributed by atoms with Gasteiger partial charge in [0.2, 0.25) is 5.78 Å². The summed E-state index contributed by atoms with van der Waals surface area (Å²) < 4.78 is 47.8. The van der Waals surface area contributed by atoms with Crippen LogP contribution in [0, 0.1) is 0 Å². The van der Waals surface area contributed by atoms with E-state index in [9.17, 15) is 22.8 Å². The second-order valence-corrected chi connectivity index (χ2v) is 5.15. The van der Waals surface area contributed by atoms with Crippen LogP contribution in [0.2, 0.25) is 5.02 Å². The predicted molar refractivity (Wildman–Crippen MR) is 88.1 cm³/mol. The van der Waals surface area contributed by atoms with Crippen molar-refractivity contribution in [2.24, 2.45) is 16.5 Å². The normalized spacial score (nSPS) is 13.1. The molecule has 11 heteroatoms. The molecule has 1 aromatic carbocycles. The van der Waals surface area contributed by atoms with Crippen LogP contribution >= 0.6 is 11.6 Å². The number of alkyl halides is 3. The number of esters is 1. The van der Waals surface area contributed by atoms with E-state index >= 15 is 0 Å². The third-order valence-electron chi connectivity index (χ3n) is 3.08. The van der Waals surface area contributed by atoms with E-state index in [0.29, 0.717) is 5.75 Å². The molecular weight excluding hydrogens is 379 g/mol. The number of amidine groups is 1. The number of halogens is 4. The summed E-state index contributed by atoms with van der Waals surface area (Å²) in [6.45, 7) is -0.892. The largest absolute Gasteiger partial charge is 0.497 e. The zero-order valence-corrected chi connectivity index (χ0v) is 14.4. The Kier molecular flexibility index (Phi) is 7.01. The van der Waals surface area contributed by atoms with Crippen LogP contribution in [0.4, 0.5) is 13.2 Å². The molecule has 7 nitrogen and oxygen atoms in total. The molecule has 0 saturated carbocycles. The standard InChI is InChI=1S/C15H15ClF3N3O4/c1-22-13(21)11(12(20)15(17,18)19)14(24)26-6-10(23)8-5-7(25-2)3-4-9(8)16/h3-5H,6,20H2,1-2H3,(H2,21,22). The summed E-state index contributed by atoms with van der Waals surface area (Å²) in [5, 5.41) is 0.0482. The van der Waals surface area contributed by atoms with Crippen molar-refractivity contribution in [3.8, 4) is 5.75 Å². The molecule has 0 aromatic heterocycles. The van der Waals surface area contributed by atoms with E-state index in [-0.39, 0.29) is 10.6 Å².